The Labute approximate surface area is 93.0 Å². The van der Waals surface area contributed by atoms with Gasteiger partial charge in [0, 0.05) is 6.54 Å². The van der Waals surface area contributed by atoms with Gasteiger partial charge in [-0.15, -0.1) is 0 Å². The average Bonchev–Trinajstić information content (AvgIpc) is 2.44. The van der Waals surface area contributed by atoms with Crippen LogP contribution in [0.4, 0.5) is 0 Å². The van der Waals surface area contributed by atoms with Crippen LogP contribution in [-0.4, -0.2) is 58.1 Å². The van der Waals surface area contributed by atoms with Crippen molar-refractivity contribution in [2.75, 3.05) is 39.5 Å². The van der Waals surface area contributed by atoms with Crippen LogP contribution in [0, 0.1) is 0 Å². The quantitative estimate of drug-likeness (QED) is 0.663. The van der Waals surface area contributed by atoms with E-state index in [0.29, 0.717) is 12.3 Å². The summed E-state index contributed by atoms with van der Waals surface area (Å²) in [6, 6.07) is 0. The molecule has 1 aliphatic rings. The Morgan fingerprint density at radius 2 is 2.13 bits per heavy atom. The first-order valence-electron chi connectivity index (χ1n) is 5.59. The van der Waals surface area contributed by atoms with Gasteiger partial charge in [-0.25, -0.2) is 8.42 Å². The Kier molecular flexibility index (Phi) is 5.02. The molecule has 0 bridgehead atoms. The number of sulfone groups is 1. The van der Waals surface area contributed by atoms with E-state index in [-0.39, 0.29) is 5.25 Å². The third kappa shape index (κ3) is 4.49. The number of nitrogens with zero attached hydrogens (tertiary/aromatic N) is 1. The SMILES string of the molecule is CN(C)CCCNCC1CCCS1(=O)=O. The number of hydrogen-bond donors (Lipinski definition) is 1. The fraction of sp³-hybridized carbons (Fsp3) is 1.00. The van der Waals surface area contributed by atoms with Crippen molar-refractivity contribution >= 4 is 9.84 Å². The van der Waals surface area contributed by atoms with Crippen LogP contribution in [0.15, 0.2) is 0 Å². The zero-order valence-electron chi connectivity index (χ0n) is 9.70. The van der Waals surface area contributed by atoms with E-state index in [0.717, 1.165) is 32.4 Å². The third-order valence-electron chi connectivity index (χ3n) is 2.79. The van der Waals surface area contributed by atoms with Crippen LogP contribution in [0.1, 0.15) is 19.3 Å². The van der Waals surface area contributed by atoms with E-state index in [1.54, 1.807) is 0 Å². The molecule has 1 atom stereocenters. The molecule has 0 aliphatic carbocycles. The second kappa shape index (κ2) is 5.82. The van der Waals surface area contributed by atoms with Crippen LogP contribution in [-0.2, 0) is 9.84 Å². The van der Waals surface area contributed by atoms with E-state index < -0.39 is 9.84 Å². The van der Waals surface area contributed by atoms with E-state index >= 15 is 0 Å². The number of nitrogens with one attached hydrogen (secondary N) is 1. The summed E-state index contributed by atoms with van der Waals surface area (Å²) in [5, 5.41) is 3.10. The molecule has 1 aliphatic heterocycles. The van der Waals surface area contributed by atoms with Crippen LogP contribution in [0.3, 0.4) is 0 Å². The molecule has 0 radical (unpaired) electrons. The van der Waals surface area contributed by atoms with Crippen molar-refractivity contribution in [2.45, 2.75) is 24.5 Å². The summed E-state index contributed by atoms with van der Waals surface area (Å²) < 4.78 is 23.0. The molecule has 4 nitrogen and oxygen atoms in total. The molecule has 0 aromatic rings. The summed E-state index contributed by atoms with van der Waals surface area (Å²) in [5.74, 6) is 0.386. The highest BCUT2D eigenvalue weighted by molar-refractivity contribution is 7.92. The van der Waals surface area contributed by atoms with Gasteiger partial charge in [0.25, 0.3) is 0 Å². The first kappa shape index (κ1) is 12.9. The van der Waals surface area contributed by atoms with Gasteiger partial charge in [0.05, 0.1) is 11.0 Å². The zero-order valence-corrected chi connectivity index (χ0v) is 10.5. The Morgan fingerprint density at radius 3 is 2.67 bits per heavy atom. The van der Waals surface area contributed by atoms with Gasteiger partial charge in [0.15, 0.2) is 9.84 Å². The van der Waals surface area contributed by atoms with Crippen molar-refractivity contribution in [2.24, 2.45) is 0 Å². The van der Waals surface area contributed by atoms with Crippen LogP contribution < -0.4 is 5.32 Å². The monoisotopic (exact) mass is 234 g/mol. The average molecular weight is 234 g/mol. The van der Waals surface area contributed by atoms with Gasteiger partial charge in [-0.3, -0.25) is 0 Å². The minimum Gasteiger partial charge on any atom is -0.315 e. The summed E-state index contributed by atoms with van der Waals surface area (Å²) in [6.07, 6.45) is 2.75. The molecule has 1 fully saturated rings. The van der Waals surface area contributed by atoms with Crippen molar-refractivity contribution in [1.29, 1.82) is 0 Å². The van der Waals surface area contributed by atoms with Crippen molar-refractivity contribution in [3.05, 3.63) is 0 Å². The molecule has 1 unspecified atom stereocenters. The second-order valence-electron chi connectivity index (χ2n) is 4.49. The lowest BCUT2D eigenvalue weighted by atomic mass is 10.2. The first-order valence-corrected chi connectivity index (χ1v) is 7.31. The van der Waals surface area contributed by atoms with E-state index in [1.807, 2.05) is 14.1 Å². The van der Waals surface area contributed by atoms with E-state index in [9.17, 15) is 8.42 Å². The van der Waals surface area contributed by atoms with E-state index in [1.165, 1.54) is 0 Å². The minimum absolute atomic E-state index is 0.128. The van der Waals surface area contributed by atoms with Crippen molar-refractivity contribution < 1.29 is 8.42 Å². The normalized spacial score (nSPS) is 24.9. The fourth-order valence-electron chi connectivity index (χ4n) is 1.87. The molecule has 0 amide bonds. The van der Waals surface area contributed by atoms with Crippen LogP contribution in [0.5, 0.6) is 0 Å². The summed E-state index contributed by atoms with van der Waals surface area (Å²) in [6.45, 7) is 2.59. The molecule has 0 spiro atoms. The smallest absolute Gasteiger partial charge is 0.154 e. The van der Waals surface area contributed by atoms with Gasteiger partial charge in [-0.1, -0.05) is 0 Å². The van der Waals surface area contributed by atoms with Crippen molar-refractivity contribution in [1.82, 2.24) is 10.2 Å². The summed E-state index contributed by atoms with van der Waals surface area (Å²) in [5.41, 5.74) is 0. The predicted octanol–water partition coefficient (Wildman–Crippen LogP) is 0.105. The molecule has 1 rings (SSSR count). The molecule has 90 valence electrons. The highest BCUT2D eigenvalue weighted by Crippen LogP contribution is 2.18. The molecular formula is C10H22N2O2S. The Morgan fingerprint density at radius 1 is 1.40 bits per heavy atom. The van der Waals surface area contributed by atoms with Crippen LogP contribution >= 0.6 is 0 Å². The maximum Gasteiger partial charge on any atom is 0.154 e. The fourth-order valence-corrected chi connectivity index (χ4v) is 3.67. The predicted molar refractivity (Wildman–Crippen MR) is 62.8 cm³/mol. The molecule has 15 heavy (non-hydrogen) atoms. The van der Waals surface area contributed by atoms with Gasteiger partial charge in [0.2, 0.25) is 0 Å². The van der Waals surface area contributed by atoms with Crippen molar-refractivity contribution in [3.8, 4) is 0 Å². The van der Waals surface area contributed by atoms with E-state index in [2.05, 4.69) is 10.2 Å². The van der Waals surface area contributed by atoms with Crippen LogP contribution in [0.2, 0.25) is 0 Å². The van der Waals surface area contributed by atoms with E-state index in [4.69, 9.17) is 0 Å². The molecule has 1 N–H and O–H groups in total. The maximum atomic E-state index is 11.5. The largest absolute Gasteiger partial charge is 0.315 e. The molecule has 0 saturated carbocycles. The van der Waals surface area contributed by atoms with Gasteiger partial charge in [-0.2, -0.15) is 0 Å². The standard InChI is InChI=1S/C10H22N2O2S/c1-12(2)7-4-6-11-9-10-5-3-8-15(10,13)14/h10-11H,3-9H2,1-2H3. The maximum absolute atomic E-state index is 11.5. The Balaban J connectivity index is 2.10. The molecule has 0 aromatic carbocycles. The first-order chi connectivity index (χ1) is 7.02. The lowest BCUT2D eigenvalue weighted by Crippen LogP contribution is -2.32. The third-order valence-corrected chi connectivity index (χ3v) is 5.07. The van der Waals surface area contributed by atoms with Gasteiger partial charge in [-0.05, 0) is 46.4 Å². The van der Waals surface area contributed by atoms with Crippen LogP contribution in [0.25, 0.3) is 0 Å². The van der Waals surface area contributed by atoms with Gasteiger partial charge in [0.1, 0.15) is 0 Å². The minimum atomic E-state index is -2.76. The lowest BCUT2D eigenvalue weighted by Gasteiger charge is -2.12. The Hall–Kier alpha value is -0.130. The van der Waals surface area contributed by atoms with Gasteiger partial charge >= 0.3 is 0 Å². The topological polar surface area (TPSA) is 49.4 Å². The number of rotatable bonds is 6. The molecule has 5 heteroatoms. The molecular weight excluding hydrogens is 212 g/mol. The Bertz CT molecular complexity index is 275. The molecule has 1 saturated heterocycles. The van der Waals surface area contributed by atoms with Gasteiger partial charge < -0.3 is 10.2 Å². The summed E-state index contributed by atoms with van der Waals surface area (Å²) in [4.78, 5) is 2.13. The highest BCUT2D eigenvalue weighted by atomic mass is 32.2. The van der Waals surface area contributed by atoms with Crippen molar-refractivity contribution in [3.63, 3.8) is 0 Å². The lowest BCUT2D eigenvalue weighted by molar-refractivity contribution is 0.394. The second-order valence-corrected chi connectivity index (χ2v) is 6.89. The summed E-state index contributed by atoms with van der Waals surface area (Å²) >= 11 is 0. The molecule has 0 aromatic heterocycles. The molecule has 1 heterocycles. The highest BCUT2D eigenvalue weighted by Gasteiger charge is 2.30. The summed E-state index contributed by atoms with van der Waals surface area (Å²) in [7, 11) is 1.32. The number of hydrogen-bond acceptors (Lipinski definition) is 4. The zero-order chi connectivity index (χ0) is 11.3.